The second-order valence-electron chi connectivity index (χ2n) is 5.30. The van der Waals surface area contributed by atoms with Gasteiger partial charge in [0.2, 0.25) is 0 Å². The van der Waals surface area contributed by atoms with Gasteiger partial charge in [0.05, 0.1) is 5.57 Å². The predicted octanol–water partition coefficient (Wildman–Crippen LogP) is 3.11. The fourth-order valence-corrected chi connectivity index (χ4v) is 2.51. The fourth-order valence-electron chi connectivity index (χ4n) is 2.51. The zero-order chi connectivity index (χ0) is 16.2. The summed E-state index contributed by atoms with van der Waals surface area (Å²) in [6, 6.07) is 15.0. The predicted molar refractivity (Wildman–Crippen MR) is 89.1 cm³/mol. The Kier molecular flexibility index (Phi) is 4.10. The number of carboxylic acid groups (broad SMARTS) is 1. The number of para-hydroxylation sites is 1. The van der Waals surface area contributed by atoms with Crippen molar-refractivity contribution >= 4 is 28.8 Å². The summed E-state index contributed by atoms with van der Waals surface area (Å²) in [5, 5.41) is 14.7. The molecule has 2 aromatic carbocycles. The van der Waals surface area contributed by atoms with Gasteiger partial charge in [-0.15, -0.1) is 0 Å². The maximum atomic E-state index is 12.0. The Morgan fingerprint density at radius 2 is 2.00 bits per heavy atom. The standard InChI is InChI=1S/C18H16N2O3/c21-17(22)9-8-12-4-3-5-13(10-12)19-11-15-14-6-1-2-7-16(14)20-18(15)23/h1-7,10-11,19H,8-9H2,(H,20,23)(H,21,22)/b15-11-. The van der Waals surface area contributed by atoms with E-state index >= 15 is 0 Å². The summed E-state index contributed by atoms with van der Waals surface area (Å²) in [5.41, 5.74) is 4.01. The van der Waals surface area contributed by atoms with Gasteiger partial charge in [0.25, 0.3) is 5.91 Å². The van der Waals surface area contributed by atoms with Gasteiger partial charge in [-0.25, -0.2) is 0 Å². The number of carbonyl (C=O) groups excluding carboxylic acids is 1. The van der Waals surface area contributed by atoms with Gasteiger partial charge in [0.1, 0.15) is 0 Å². The molecule has 0 aromatic heterocycles. The molecule has 0 unspecified atom stereocenters. The lowest BCUT2D eigenvalue weighted by Crippen LogP contribution is -2.05. The zero-order valence-electron chi connectivity index (χ0n) is 12.4. The largest absolute Gasteiger partial charge is 0.481 e. The maximum Gasteiger partial charge on any atom is 0.303 e. The third-order valence-electron chi connectivity index (χ3n) is 3.65. The van der Waals surface area contributed by atoms with E-state index in [1.54, 1.807) is 6.20 Å². The highest BCUT2D eigenvalue weighted by molar-refractivity contribution is 6.31. The third kappa shape index (κ3) is 3.40. The Morgan fingerprint density at radius 1 is 1.17 bits per heavy atom. The number of fused-ring (bicyclic) bond motifs is 1. The van der Waals surface area contributed by atoms with Gasteiger partial charge >= 0.3 is 5.97 Å². The van der Waals surface area contributed by atoms with Gasteiger partial charge in [-0.3, -0.25) is 9.59 Å². The highest BCUT2D eigenvalue weighted by Crippen LogP contribution is 2.31. The number of hydrogen-bond donors (Lipinski definition) is 3. The SMILES string of the molecule is O=C(O)CCc1cccc(N/C=C2\C(=O)Nc3ccccc32)c1. The number of nitrogens with one attached hydrogen (secondary N) is 2. The Morgan fingerprint density at radius 3 is 2.83 bits per heavy atom. The van der Waals surface area contributed by atoms with Crippen LogP contribution < -0.4 is 10.6 Å². The number of aliphatic carboxylic acids is 1. The molecule has 1 aliphatic rings. The molecule has 0 bridgehead atoms. The average molecular weight is 308 g/mol. The first-order chi connectivity index (χ1) is 11.1. The number of anilines is 2. The highest BCUT2D eigenvalue weighted by atomic mass is 16.4. The lowest BCUT2D eigenvalue weighted by atomic mass is 10.1. The van der Waals surface area contributed by atoms with E-state index in [-0.39, 0.29) is 12.3 Å². The van der Waals surface area contributed by atoms with Crippen LogP contribution in [0.3, 0.4) is 0 Å². The minimum Gasteiger partial charge on any atom is -0.481 e. The van der Waals surface area contributed by atoms with Crippen LogP contribution in [0.4, 0.5) is 11.4 Å². The molecule has 1 aliphatic heterocycles. The molecule has 5 heteroatoms. The Hall–Kier alpha value is -3.08. The molecule has 5 nitrogen and oxygen atoms in total. The van der Waals surface area contributed by atoms with Gasteiger partial charge in [-0.1, -0.05) is 30.3 Å². The van der Waals surface area contributed by atoms with Gasteiger partial charge in [0, 0.05) is 29.6 Å². The molecule has 3 N–H and O–H groups in total. The lowest BCUT2D eigenvalue weighted by Gasteiger charge is -2.05. The van der Waals surface area contributed by atoms with Crippen molar-refractivity contribution in [3.63, 3.8) is 0 Å². The van der Waals surface area contributed by atoms with Crippen LogP contribution in [0, 0.1) is 0 Å². The minimum atomic E-state index is -0.815. The van der Waals surface area contributed by atoms with E-state index < -0.39 is 5.97 Å². The van der Waals surface area contributed by atoms with Crippen LogP contribution in [0.25, 0.3) is 5.57 Å². The van der Waals surface area contributed by atoms with Crippen LogP contribution in [-0.4, -0.2) is 17.0 Å². The first-order valence-electron chi connectivity index (χ1n) is 7.32. The van der Waals surface area contributed by atoms with E-state index in [1.165, 1.54) is 0 Å². The van der Waals surface area contributed by atoms with Crippen LogP contribution in [0.5, 0.6) is 0 Å². The second kappa shape index (κ2) is 6.36. The number of rotatable bonds is 5. The maximum absolute atomic E-state index is 12.0. The van der Waals surface area contributed by atoms with E-state index in [0.717, 1.165) is 22.5 Å². The molecule has 0 atom stereocenters. The van der Waals surface area contributed by atoms with Gasteiger partial charge < -0.3 is 15.7 Å². The topological polar surface area (TPSA) is 78.4 Å². The van der Waals surface area contributed by atoms with Gasteiger partial charge in [-0.05, 0) is 30.2 Å². The summed E-state index contributed by atoms with van der Waals surface area (Å²) < 4.78 is 0. The van der Waals surface area contributed by atoms with Crippen molar-refractivity contribution in [2.45, 2.75) is 12.8 Å². The molecular weight excluding hydrogens is 292 g/mol. The van der Waals surface area contributed by atoms with E-state index in [2.05, 4.69) is 10.6 Å². The number of benzene rings is 2. The monoisotopic (exact) mass is 308 g/mol. The zero-order valence-corrected chi connectivity index (χ0v) is 12.4. The van der Waals surface area contributed by atoms with Crippen molar-refractivity contribution in [3.05, 3.63) is 65.9 Å². The highest BCUT2D eigenvalue weighted by Gasteiger charge is 2.23. The van der Waals surface area contributed by atoms with Crippen molar-refractivity contribution in [2.75, 3.05) is 10.6 Å². The summed E-state index contributed by atoms with van der Waals surface area (Å²) in [7, 11) is 0. The van der Waals surface area contributed by atoms with Crippen LogP contribution in [0.15, 0.2) is 54.7 Å². The Labute approximate surface area is 133 Å². The van der Waals surface area contributed by atoms with Crippen molar-refractivity contribution < 1.29 is 14.7 Å². The van der Waals surface area contributed by atoms with Crippen LogP contribution in [0.1, 0.15) is 17.5 Å². The van der Waals surface area contributed by atoms with E-state index in [4.69, 9.17) is 5.11 Å². The quantitative estimate of drug-likeness (QED) is 0.742. The third-order valence-corrected chi connectivity index (χ3v) is 3.65. The fraction of sp³-hybridized carbons (Fsp3) is 0.111. The molecule has 2 aromatic rings. The summed E-state index contributed by atoms with van der Waals surface area (Å²) in [4.78, 5) is 22.7. The first-order valence-corrected chi connectivity index (χ1v) is 7.32. The van der Waals surface area contributed by atoms with Crippen LogP contribution in [-0.2, 0) is 16.0 Å². The van der Waals surface area contributed by atoms with Crippen molar-refractivity contribution in [2.24, 2.45) is 0 Å². The molecule has 0 aliphatic carbocycles. The summed E-state index contributed by atoms with van der Waals surface area (Å²) in [5.74, 6) is -0.953. The lowest BCUT2D eigenvalue weighted by molar-refractivity contribution is -0.137. The molecule has 0 saturated carbocycles. The smallest absolute Gasteiger partial charge is 0.303 e. The van der Waals surface area contributed by atoms with Crippen LogP contribution >= 0.6 is 0 Å². The molecular formula is C18H16N2O3. The first kappa shape index (κ1) is 14.8. The van der Waals surface area contributed by atoms with E-state index in [0.29, 0.717) is 12.0 Å². The van der Waals surface area contributed by atoms with E-state index in [1.807, 2.05) is 48.5 Å². The second-order valence-corrected chi connectivity index (χ2v) is 5.30. The summed E-state index contributed by atoms with van der Waals surface area (Å²) in [6.07, 6.45) is 2.25. The Balaban J connectivity index is 1.76. The molecule has 0 saturated heterocycles. The van der Waals surface area contributed by atoms with E-state index in [9.17, 15) is 9.59 Å². The Bertz CT molecular complexity index is 796. The van der Waals surface area contributed by atoms with Crippen molar-refractivity contribution in [1.29, 1.82) is 0 Å². The minimum absolute atomic E-state index is 0.0975. The van der Waals surface area contributed by atoms with Crippen molar-refractivity contribution in [1.82, 2.24) is 0 Å². The number of amides is 1. The number of carbonyl (C=O) groups is 2. The number of hydrogen-bond acceptors (Lipinski definition) is 3. The molecule has 3 rings (SSSR count). The average Bonchev–Trinajstić information content (AvgIpc) is 2.87. The molecule has 23 heavy (non-hydrogen) atoms. The molecule has 0 spiro atoms. The van der Waals surface area contributed by atoms with Crippen molar-refractivity contribution in [3.8, 4) is 0 Å². The molecule has 0 radical (unpaired) electrons. The molecule has 1 amide bonds. The normalized spacial score (nSPS) is 14.4. The van der Waals surface area contributed by atoms with Crippen LogP contribution in [0.2, 0.25) is 0 Å². The summed E-state index contributed by atoms with van der Waals surface area (Å²) >= 11 is 0. The molecule has 0 fully saturated rings. The molecule has 116 valence electrons. The summed E-state index contributed by atoms with van der Waals surface area (Å²) in [6.45, 7) is 0. The molecule has 1 heterocycles. The number of carboxylic acids is 1. The van der Waals surface area contributed by atoms with Gasteiger partial charge in [-0.2, -0.15) is 0 Å². The van der Waals surface area contributed by atoms with Gasteiger partial charge in [0.15, 0.2) is 0 Å². The number of aryl methyl sites for hydroxylation is 1.